The van der Waals surface area contributed by atoms with E-state index in [1.54, 1.807) is 6.20 Å². The van der Waals surface area contributed by atoms with Gasteiger partial charge < -0.3 is 9.52 Å². The van der Waals surface area contributed by atoms with E-state index in [0.717, 1.165) is 15.6 Å². The van der Waals surface area contributed by atoms with Crippen molar-refractivity contribution in [2.45, 2.75) is 6.92 Å². The summed E-state index contributed by atoms with van der Waals surface area (Å²) < 4.78 is 6.23. The van der Waals surface area contributed by atoms with Gasteiger partial charge in [0.25, 0.3) is 0 Å². The maximum atomic E-state index is 9.83. The second kappa shape index (κ2) is 6.11. The van der Waals surface area contributed by atoms with Gasteiger partial charge in [-0.1, -0.05) is 15.9 Å². The first kappa shape index (κ1) is 14.5. The normalized spacial score (nSPS) is 11.2. The van der Waals surface area contributed by atoms with E-state index in [-0.39, 0.29) is 11.6 Å². The minimum absolute atomic E-state index is 0.265. The number of hydrogen-bond acceptors (Lipinski definition) is 5. The maximum absolute atomic E-state index is 9.83. The number of hydrogen-bond donors (Lipinski definition) is 1. The molecule has 0 saturated heterocycles. The topological polar surface area (TPSA) is 71.5 Å². The Morgan fingerprint density at radius 2 is 2.00 bits per heavy atom. The highest BCUT2D eigenvalue weighted by Gasteiger charge is 2.12. The van der Waals surface area contributed by atoms with Crippen molar-refractivity contribution in [2.75, 3.05) is 0 Å². The number of rotatable bonds is 3. The van der Waals surface area contributed by atoms with Crippen LogP contribution in [-0.4, -0.2) is 21.3 Å². The van der Waals surface area contributed by atoms with Gasteiger partial charge in [-0.05, 0) is 48.9 Å². The standard InChI is InChI=1S/C16H12BrN3O2/c1-10-6-7-18-14(8-10)19-9-13-16(21)22-15(20-13)11-2-4-12(17)5-3-11/h2-9,21H,1H3. The van der Waals surface area contributed by atoms with E-state index in [0.29, 0.717) is 11.7 Å². The molecule has 2 heterocycles. The molecule has 3 aromatic rings. The minimum Gasteiger partial charge on any atom is -0.479 e. The molecule has 5 nitrogen and oxygen atoms in total. The third kappa shape index (κ3) is 3.23. The molecular weight excluding hydrogens is 346 g/mol. The Hall–Kier alpha value is -2.47. The molecule has 6 heteroatoms. The zero-order valence-electron chi connectivity index (χ0n) is 11.7. The summed E-state index contributed by atoms with van der Waals surface area (Å²) in [5.41, 5.74) is 2.09. The van der Waals surface area contributed by atoms with E-state index >= 15 is 0 Å². The molecule has 0 unspecified atom stereocenters. The van der Waals surface area contributed by atoms with E-state index in [9.17, 15) is 5.11 Å². The van der Waals surface area contributed by atoms with Crippen LogP contribution in [0.2, 0.25) is 0 Å². The van der Waals surface area contributed by atoms with Gasteiger partial charge >= 0.3 is 5.95 Å². The largest absolute Gasteiger partial charge is 0.479 e. The number of oxazole rings is 1. The first-order chi connectivity index (χ1) is 10.6. The molecule has 0 aliphatic heterocycles. The highest BCUT2D eigenvalue weighted by atomic mass is 79.9. The van der Waals surface area contributed by atoms with E-state index < -0.39 is 0 Å². The average molecular weight is 358 g/mol. The highest BCUT2D eigenvalue weighted by molar-refractivity contribution is 9.10. The summed E-state index contributed by atoms with van der Waals surface area (Å²) in [5.74, 6) is 0.616. The van der Waals surface area contributed by atoms with E-state index in [2.05, 4.69) is 30.9 Å². The number of aromatic nitrogens is 2. The second-order valence-corrected chi connectivity index (χ2v) is 5.58. The van der Waals surface area contributed by atoms with Crippen molar-refractivity contribution in [1.82, 2.24) is 9.97 Å². The molecule has 0 radical (unpaired) electrons. The number of halogens is 1. The summed E-state index contributed by atoms with van der Waals surface area (Å²) in [6.07, 6.45) is 3.11. The summed E-state index contributed by atoms with van der Waals surface area (Å²) in [7, 11) is 0. The molecule has 0 bridgehead atoms. The monoisotopic (exact) mass is 357 g/mol. The first-order valence-corrected chi connectivity index (χ1v) is 7.33. The lowest BCUT2D eigenvalue weighted by atomic mass is 10.2. The number of nitrogens with zero attached hydrogens (tertiary/aromatic N) is 3. The third-order valence-electron chi connectivity index (χ3n) is 2.95. The predicted molar refractivity (Wildman–Crippen MR) is 87.5 cm³/mol. The molecule has 3 rings (SSSR count). The summed E-state index contributed by atoms with van der Waals surface area (Å²) in [6, 6.07) is 11.2. The van der Waals surface area contributed by atoms with Gasteiger partial charge in [-0.2, -0.15) is 0 Å². The molecule has 0 aliphatic carbocycles. The van der Waals surface area contributed by atoms with Crippen molar-refractivity contribution in [2.24, 2.45) is 4.99 Å². The van der Waals surface area contributed by atoms with E-state index in [1.165, 1.54) is 6.21 Å². The van der Waals surface area contributed by atoms with Crippen LogP contribution < -0.4 is 0 Å². The smallest absolute Gasteiger partial charge is 0.312 e. The van der Waals surface area contributed by atoms with Crippen LogP contribution in [0.1, 0.15) is 11.3 Å². The molecule has 0 fully saturated rings. The van der Waals surface area contributed by atoms with Crippen LogP contribution >= 0.6 is 15.9 Å². The van der Waals surface area contributed by atoms with Crippen LogP contribution in [0, 0.1) is 6.92 Å². The van der Waals surface area contributed by atoms with Crippen LogP contribution in [0.15, 0.2) is 56.5 Å². The third-order valence-corrected chi connectivity index (χ3v) is 3.47. The van der Waals surface area contributed by atoms with Gasteiger partial charge in [0.2, 0.25) is 5.89 Å². The second-order valence-electron chi connectivity index (χ2n) is 4.67. The van der Waals surface area contributed by atoms with Crippen LogP contribution in [0.4, 0.5) is 5.82 Å². The Kier molecular flexibility index (Phi) is 4.02. The lowest BCUT2D eigenvalue weighted by Gasteiger charge is -1.94. The van der Waals surface area contributed by atoms with Crippen LogP contribution in [-0.2, 0) is 0 Å². The Morgan fingerprint density at radius 3 is 2.73 bits per heavy atom. The van der Waals surface area contributed by atoms with Crippen molar-refractivity contribution in [3.05, 3.63) is 58.3 Å². The first-order valence-electron chi connectivity index (χ1n) is 6.54. The van der Waals surface area contributed by atoms with Crippen LogP contribution in [0.25, 0.3) is 11.5 Å². The quantitative estimate of drug-likeness (QED) is 0.710. The number of aromatic hydroxyl groups is 1. The van der Waals surface area contributed by atoms with Gasteiger partial charge in [-0.3, -0.25) is 0 Å². The van der Waals surface area contributed by atoms with Gasteiger partial charge in [0.05, 0.1) is 6.21 Å². The van der Waals surface area contributed by atoms with Crippen LogP contribution in [0.5, 0.6) is 5.95 Å². The molecule has 2 aromatic heterocycles. The van der Waals surface area contributed by atoms with Crippen molar-refractivity contribution in [3.8, 4) is 17.4 Å². The molecule has 0 atom stereocenters. The molecule has 0 amide bonds. The maximum Gasteiger partial charge on any atom is 0.312 e. The number of pyridine rings is 1. The molecule has 1 aromatic carbocycles. The predicted octanol–water partition coefficient (Wildman–Crippen LogP) is 4.26. The minimum atomic E-state index is -0.269. The molecule has 0 spiro atoms. The Labute approximate surface area is 135 Å². The van der Waals surface area contributed by atoms with Gasteiger partial charge in [0.1, 0.15) is 0 Å². The Bertz CT molecular complexity index is 826. The Balaban J connectivity index is 1.88. The number of aryl methyl sites for hydroxylation is 1. The van der Waals surface area contributed by atoms with Crippen molar-refractivity contribution >= 4 is 28.0 Å². The molecule has 0 saturated carbocycles. The fourth-order valence-electron chi connectivity index (χ4n) is 1.84. The van der Waals surface area contributed by atoms with Gasteiger partial charge in [0, 0.05) is 16.2 Å². The number of benzene rings is 1. The van der Waals surface area contributed by atoms with Crippen molar-refractivity contribution < 1.29 is 9.52 Å². The fourth-order valence-corrected chi connectivity index (χ4v) is 2.11. The molecular formula is C16H12BrN3O2. The Morgan fingerprint density at radius 1 is 1.23 bits per heavy atom. The van der Waals surface area contributed by atoms with Crippen molar-refractivity contribution in [1.29, 1.82) is 0 Å². The zero-order valence-corrected chi connectivity index (χ0v) is 13.3. The summed E-state index contributed by atoms with van der Waals surface area (Å²) in [4.78, 5) is 12.5. The van der Waals surface area contributed by atoms with E-state index in [1.807, 2.05) is 43.3 Å². The SMILES string of the molecule is Cc1ccnc(N=Cc2nc(-c3ccc(Br)cc3)oc2O)c1. The summed E-state index contributed by atoms with van der Waals surface area (Å²) in [5, 5.41) is 9.83. The van der Waals surface area contributed by atoms with Crippen LogP contribution in [0.3, 0.4) is 0 Å². The molecule has 22 heavy (non-hydrogen) atoms. The summed E-state index contributed by atoms with van der Waals surface area (Å²) >= 11 is 3.37. The van der Waals surface area contributed by atoms with Gasteiger partial charge in [0.15, 0.2) is 11.5 Å². The van der Waals surface area contributed by atoms with Gasteiger partial charge in [-0.15, -0.1) is 0 Å². The molecule has 0 aliphatic rings. The summed E-state index contributed by atoms with van der Waals surface area (Å²) in [6.45, 7) is 1.96. The molecule has 110 valence electrons. The van der Waals surface area contributed by atoms with Gasteiger partial charge in [-0.25, -0.2) is 15.0 Å². The number of aliphatic imine (C=N–C) groups is 1. The lowest BCUT2D eigenvalue weighted by Crippen LogP contribution is -1.84. The molecule has 1 N–H and O–H groups in total. The lowest BCUT2D eigenvalue weighted by molar-refractivity contribution is 0.337. The van der Waals surface area contributed by atoms with Crippen molar-refractivity contribution in [3.63, 3.8) is 0 Å². The fraction of sp³-hybridized carbons (Fsp3) is 0.0625. The average Bonchev–Trinajstić information content (AvgIpc) is 2.87. The van der Waals surface area contributed by atoms with E-state index in [4.69, 9.17) is 4.42 Å². The highest BCUT2D eigenvalue weighted by Crippen LogP contribution is 2.26. The zero-order chi connectivity index (χ0) is 15.5.